The van der Waals surface area contributed by atoms with Crippen LogP contribution in [0.1, 0.15) is 6.92 Å². The van der Waals surface area contributed by atoms with Crippen LogP contribution in [0.25, 0.3) is 0 Å². The monoisotopic (exact) mass is 257 g/mol. The fraction of sp³-hybridized carbons (Fsp3) is 0.267. The molecule has 0 bridgehead atoms. The van der Waals surface area contributed by atoms with E-state index in [-0.39, 0.29) is 6.29 Å². The maximum absolute atomic E-state index is 6.23. The summed E-state index contributed by atoms with van der Waals surface area (Å²) < 4.78 is 0.437. The minimum Gasteiger partial charge on any atom is -0.259 e. The van der Waals surface area contributed by atoms with Gasteiger partial charge in [0.25, 0.3) is 6.29 Å². The van der Waals surface area contributed by atoms with Crippen molar-refractivity contribution in [2.75, 3.05) is 18.6 Å². The number of hydrogen-bond donors (Lipinski definition) is 1. The normalized spacial score (nSPS) is 25.8. The summed E-state index contributed by atoms with van der Waals surface area (Å²) in [6, 6.07) is 10.2. The van der Waals surface area contributed by atoms with Crippen molar-refractivity contribution in [1.29, 1.82) is 0 Å². The average Bonchev–Trinajstić information content (AvgIpc) is 2.43. The van der Waals surface area contributed by atoms with E-state index in [1.807, 2.05) is 30.4 Å². The number of quaternary nitrogens is 1. The maximum atomic E-state index is 6.23. The van der Waals surface area contributed by atoms with Crippen molar-refractivity contribution < 1.29 is 4.59 Å². The van der Waals surface area contributed by atoms with Crippen LogP contribution in [0.3, 0.4) is 0 Å². The Kier molecular flexibility index (Phi) is 3.83. The van der Waals surface area contributed by atoms with Crippen LogP contribution in [0.2, 0.25) is 0 Å². The van der Waals surface area contributed by atoms with E-state index < -0.39 is 0 Å². The molecule has 2 rings (SSSR count). The highest BCUT2D eigenvalue weighted by Gasteiger charge is 2.40. The number of benzene rings is 1. The summed E-state index contributed by atoms with van der Waals surface area (Å²) in [5, 5.41) is 2.19. The topological polar surface area (TPSA) is 41.6 Å². The van der Waals surface area contributed by atoms with Crippen molar-refractivity contribution in [3.63, 3.8) is 0 Å². The third-order valence-corrected chi connectivity index (χ3v) is 3.64. The van der Waals surface area contributed by atoms with E-state index >= 15 is 0 Å². The second-order valence-electron chi connectivity index (χ2n) is 4.75. The van der Waals surface area contributed by atoms with Gasteiger partial charge in [0.05, 0.1) is 19.3 Å². The Bertz CT molecular complexity index is 506. The number of nitrogens with two attached hydrogens (primary N) is 1. The van der Waals surface area contributed by atoms with Crippen LogP contribution in [-0.2, 0) is 0 Å². The van der Waals surface area contributed by atoms with Crippen molar-refractivity contribution in [3.8, 4) is 0 Å². The highest BCUT2D eigenvalue weighted by Crippen LogP contribution is 2.29. The number of nitrogens with zero attached hydrogens (tertiary/aromatic N) is 3. The highest BCUT2D eigenvalue weighted by atomic mass is 15.8. The van der Waals surface area contributed by atoms with Gasteiger partial charge < -0.3 is 0 Å². The first-order valence-electron chi connectivity index (χ1n) is 6.37. The lowest BCUT2D eigenvalue weighted by Crippen LogP contribution is -2.65. The molecule has 2 unspecified atom stereocenters. The third-order valence-electron chi connectivity index (χ3n) is 3.64. The van der Waals surface area contributed by atoms with Gasteiger partial charge in [0.15, 0.2) is 0 Å². The summed E-state index contributed by atoms with van der Waals surface area (Å²) >= 11 is 0. The summed E-state index contributed by atoms with van der Waals surface area (Å²) in [5.41, 5.74) is 8.48. The second kappa shape index (κ2) is 5.38. The lowest BCUT2D eigenvalue weighted by molar-refractivity contribution is -0.905. The summed E-state index contributed by atoms with van der Waals surface area (Å²) in [7, 11) is 2.07. The molecule has 19 heavy (non-hydrogen) atoms. The van der Waals surface area contributed by atoms with Crippen molar-refractivity contribution in [3.05, 3.63) is 54.8 Å². The molecule has 1 heterocycles. The van der Waals surface area contributed by atoms with Gasteiger partial charge in [0.1, 0.15) is 5.70 Å². The zero-order valence-corrected chi connectivity index (χ0v) is 11.5. The standard InChI is InChI=1S/C15H21N4/c1-4-12-18(14-8-6-5-7-9-14)19(3)13(2)10-11-17-15(19)16/h4-11,15H,1,12,16H2,2-3H3/q+1. The predicted molar refractivity (Wildman–Crippen MR) is 80.4 cm³/mol. The molecular formula is C15H21N4+. The number of anilines is 1. The fourth-order valence-corrected chi connectivity index (χ4v) is 2.30. The minimum atomic E-state index is -0.342. The molecule has 0 saturated heterocycles. The number of aliphatic imine (C=N–C) groups is 1. The van der Waals surface area contributed by atoms with E-state index in [9.17, 15) is 0 Å². The van der Waals surface area contributed by atoms with E-state index in [0.29, 0.717) is 11.1 Å². The SMILES string of the molecule is C=CCN(c1ccccc1)[N+]1(C)C(C)=CC=NC1N. The zero-order valence-electron chi connectivity index (χ0n) is 11.5. The largest absolute Gasteiger partial charge is 0.265 e. The molecule has 1 aliphatic heterocycles. The minimum absolute atomic E-state index is 0.342. The quantitative estimate of drug-likeness (QED) is 0.664. The first kappa shape index (κ1) is 13.5. The van der Waals surface area contributed by atoms with Crippen LogP contribution in [0, 0.1) is 0 Å². The smallest absolute Gasteiger partial charge is 0.259 e. The van der Waals surface area contributed by atoms with E-state index in [2.05, 4.69) is 42.7 Å². The summed E-state index contributed by atoms with van der Waals surface area (Å²) in [5.74, 6) is 0. The molecular weight excluding hydrogens is 236 g/mol. The molecule has 0 radical (unpaired) electrons. The van der Waals surface area contributed by atoms with E-state index in [1.54, 1.807) is 6.21 Å². The molecule has 0 aromatic heterocycles. The molecule has 100 valence electrons. The Labute approximate surface area is 114 Å². The van der Waals surface area contributed by atoms with Crippen LogP contribution >= 0.6 is 0 Å². The lowest BCUT2D eigenvalue weighted by Gasteiger charge is -2.46. The molecule has 0 saturated carbocycles. The molecule has 2 atom stereocenters. The Hall–Kier alpha value is -1.91. The van der Waals surface area contributed by atoms with Gasteiger partial charge in [-0.25, -0.2) is 10.0 Å². The summed E-state index contributed by atoms with van der Waals surface area (Å²) in [6.07, 6.45) is 5.32. The van der Waals surface area contributed by atoms with Gasteiger partial charge in [0.2, 0.25) is 0 Å². The van der Waals surface area contributed by atoms with E-state index in [1.165, 1.54) is 0 Å². The van der Waals surface area contributed by atoms with Crippen molar-refractivity contribution >= 4 is 11.9 Å². The maximum Gasteiger partial charge on any atom is 0.265 e. The van der Waals surface area contributed by atoms with Gasteiger partial charge >= 0.3 is 0 Å². The Morgan fingerprint density at radius 2 is 2.11 bits per heavy atom. The molecule has 0 aliphatic carbocycles. The van der Waals surface area contributed by atoms with E-state index in [4.69, 9.17) is 5.73 Å². The second-order valence-corrected chi connectivity index (χ2v) is 4.75. The Morgan fingerprint density at radius 3 is 2.68 bits per heavy atom. The van der Waals surface area contributed by atoms with Gasteiger partial charge in [0, 0.05) is 19.2 Å². The summed E-state index contributed by atoms with van der Waals surface area (Å²) in [4.78, 5) is 4.33. The third kappa shape index (κ3) is 2.32. The van der Waals surface area contributed by atoms with Gasteiger partial charge in [-0.15, -0.1) is 6.58 Å². The number of allylic oxidation sites excluding steroid dienone is 2. The number of para-hydroxylation sites is 1. The Balaban J connectivity index is 2.47. The van der Waals surface area contributed by atoms with Crippen LogP contribution < -0.4 is 10.7 Å². The molecule has 0 fully saturated rings. The molecule has 4 heteroatoms. The van der Waals surface area contributed by atoms with E-state index in [0.717, 1.165) is 11.4 Å². The lowest BCUT2D eigenvalue weighted by atomic mass is 10.2. The zero-order chi connectivity index (χ0) is 13.9. The number of rotatable bonds is 4. The molecule has 1 aromatic carbocycles. The van der Waals surface area contributed by atoms with Crippen LogP contribution in [0.5, 0.6) is 0 Å². The fourth-order valence-electron chi connectivity index (χ4n) is 2.30. The van der Waals surface area contributed by atoms with Crippen LogP contribution in [0.15, 0.2) is 59.8 Å². The first-order chi connectivity index (χ1) is 9.10. The van der Waals surface area contributed by atoms with Gasteiger partial charge in [-0.1, -0.05) is 24.3 Å². The van der Waals surface area contributed by atoms with Crippen LogP contribution in [0.4, 0.5) is 5.69 Å². The molecule has 1 aromatic rings. The molecule has 1 aliphatic rings. The predicted octanol–water partition coefficient (Wildman–Crippen LogP) is 2.27. The Morgan fingerprint density at radius 1 is 1.42 bits per heavy atom. The molecule has 2 N–H and O–H groups in total. The van der Waals surface area contributed by atoms with Crippen molar-refractivity contribution in [1.82, 2.24) is 0 Å². The van der Waals surface area contributed by atoms with Gasteiger partial charge in [-0.3, -0.25) is 5.73 Å². The highest BCUT2D eigenvalue weighted by molar-refractivity contribution is 5.72. The molecule has 0 amide bonds. The number of hydrogen-bond acceptors (Lipinski definition) is 3. The first-order valence-corrected chi connectivity index (χ1v) is 6.37. The van der Waals surface area contributed by atoms with Crippen molar-refractivity contribution in [2.24, 2.45) is 10.7 Å². The van der Waals surface area contributed by atoms with Gasteiger partial charge in [-0.05, 0) is 12.1 Å². The van der Waals surface area contributed by atoms with Crippen LogP contribution in [-0.4, -0.2) is 30.7 Å². The average molecular weight is 257 g/mol. The molecule has 4 nitrogen and oxygen atoms in total. The van der Waals surface area contributed by atoms with Crippen molar-refractivity contribution in [2.45, 2.75) is 13.2 Å². The van der Waals surface area contributed by atoms with Gasteiger partial charge in [-0.2, -0.15) is 4.59 Å². The molecule has 0 spiro atoms. The summed E-state index contributed by atoms with van der Waals surface area (Å²) in [6.45, 7) is 6.63.